The fourth-order valence-corrected chi connectivity index (χ4v) is 3.00. The zero-order valence-corrected chi connectivity index (χ0v) is 13.6. The molecule has 1 aromatic heterocycles. The second-order valence-electron chi connectivity index (χ2n) is 6.02. The fraction of sp³-hybridized carbons (Fsp3) is 0.222. The van der Waals surface area contributed by atoms with E-state index in [0.29, 0.717) is 10.9 Å². The van der Waals surface area contributed by atoms with Crippen molar-refractivity contribution < 1.29 is 17.6 Å². The highest BCUT2D eigenvalue weighted by molar-refractivity contribution is 6.30. The van der Waals surface area contributed by atoms with E-state index in [9.17, 15) is 13.2 Å². The second-order valence-corrected chi connectivity index (χ2v) is 6.46. The van der Waals surface area contributed by atoms with Crippen LogP contribution in [0.5, 0.6) is 0 Å². The number of nitrogens with zero attached hydrogens (tertiary/aromatic N) is 2. The largest absolute Gasteiger partial charge is 0.420 e. The Balaban J connectivity index is 1.55. The third-order valence-corrected chi connectivity index (χ3v) is 4.54. The summed E-state index contributed by atoms with van der Waals surface area (Å²) in [6.07, 6.45) is -3.54. The molecule has 2 atom stereocenters. The molecular weight excluding hydrogens is 353 g/mol. The monoisotopic (exact) mass is 364 g/mol. The maximum atomic E-state index is 12.8. The van der Waals surface area contributed by atoms with Gasteiger partial charge in [0.25, 0.3) is 0 Å². The van der Waals surface area contributed by atoms with Crippen molar-refractivity contribution in [2.45, 2.75) is 24.4 Å². The lowest BCUT2D eigenvalue weighted by Crippen LogP contribution is -2.04. The van der Waals surface area contributed by atoms with Crippen molar-refractivity contribution in [1.29, 1.82) is 0 Å². The van der Waals surface area contributed by atoms with E-state index in [4.69, 9.17) is 16.0 Å². The average Bonchev–Trinajstić information content (AvgIpc) is 3.23. The second kappa shape index (κ2) is 5.88. The molecule has 3 aromatic rings. The molecule has 0 amide bonds. The summed E-state index contributed by atoms with van der Waals surface area (Å²) < 4.78 is 44.1. The molecule has 0 saturated heterocycles. The first-order valence-corrected chi connectivity index (χ1v) is 8.06. The van der Waals surface area contributed by atoms with Crippen LogP contribution in [0.15, 0.2) is 52.9 Å². The summed E-state index contributed by atoms with van der Waals surface area (Å²) in [5.41, 5.74) is 0.653. The number of rotatable bonds is 3. The molecule has 2 aromatic carbocycles. The topological polar surface area (TPSA) is 38.9 Å². The minimum Gasteiger partial charge on any atom is -0.420 e. The summed E-state index contributed by atoms with van der Waals surface area (Å²) >= 11 is 5.89. The first-order valence-electron chi connectivity index (χ1n) is 7.68. The number of benzene rings is 2. The van der Waals surface area contributed by atoms with Crippen molar-refractivity contribution in [1.82, 2.24) is 10.2 Å². The standard InChI is InChI=1S/C18H12ClF3N2O/c19-13-6-4-10(5-7-13)14-9-15(14)17-24-23-16(25-17)11-2-1-3-12(8-11)18(20,21)22/h1-8,14-15H,9H2. The number of hydrogen-bond acceptors (Lipinski definition) is 3. The predicted octanol–water partition coefficient (Wildman–Crippen LogP) is 5.68. The van der Waals surface area contributed by atoms with E-state index in [1.807, 2.05) is 24.3 Å². The molecule has 0 radical (unpaired) electrons. The van der Waals surface area contributed by atoms with E-state index in [2.05, 4.69) is 10.2 Å². The minimum atomic E-state index is -4.41. The SMILES string of the molecule is FC(F)(F)c1cccc(-c2nnc(C3CC3c3ccc(Cl)cc3)o2)c1. The van der Waals surface area contributed by atoms with Gasteiger partial charge in [0, 0.05) is 16.5 Å². The first-order chi connectivity index (χ1) is 11.9. The molecule has 3 nitrogen and oxygen atoms in total. The van der Waals surface area contributed by atoms with Crippen molar-refractivity contribution >= 4 is 11.6 Å². The zero-order valence-electron chi connectivity index (χ0n) is 12.8. The molecule has 1 aliphatic carbocycles. The summed E-state index contributed by atoms with van der Waals surface area (Å²) in [7, 11) is 0. The molecule has 1 heterocycles. The minimum absolute atomic E-state index is 0.0909. The van der Waals surface area contributed by atoms with Gasteiger partial charge in [-0.3, -0.25) is 0 Å². The lowest BCUT2D eigenvalue weighted by Gasteiger charge is -2.06. The van der Waals surface area contributed by atoms with Crippen LogP contribution in [0.25, 0.3) is 11.5 Å². The van der Waals surface area contributed by atoms with Gasteiger partial charge in [-0.15, -0.1) is 10.2 Å². The molecule has 0 aliphatic heterocycles. The van der Waals surface area contributed by atoms with Crippen LogP contribution in [-0.2, 0) is 6.18 Å². The van der Waals surface area contributed by atoms with E-state index in [1.165, 1.54) is 12.1 Å². The van der Waals surface area contributed by atoms with Crippen LogP contribution >= 0.6 is 11.6 Å². The molecule has 1 aliphatic rings. The van der Waals surface area contributed by atoms with Crippen molar-refractivity contribution in [2.24, 2.45) is 0 Å². The van der Waals surface area contributed by atoms with Crippen molar-refractivity contribution in [3.63, 3.8) is 0 Å². The highest BCUT2D eigenvalue weighted by atomic mass is 35.5. The van der Waals surface area contributed by atoms with Crippen molar-refractivity contribution in [2.75, 3.05) is 0 Å². The Bertz CT molecular complexity index is 905. The zero-order chi connectivity index (χ0) is 17.6. The smallest absolute Gasteiger partial charge is 0.416 e. The van der Waals surface area contributed by atoms with Gasteiger partial charge in [-0.2, -0.15) is 13.2 Å². The van der Waals surface area contributed by atoms with Gasteiger partial charge in [-0.1, -0.05) is 29.8 Å². The van der Waals surface area contributed by atoms with Crippen LogP contribution in [0.2, 0.25) is 5.02 Å². The third kappa shape index (κ3) is 3.26. The number of aromatic nitrogens is 2. The summed E-state index contributed by atoms with van der Waals surface area (Å²) in [5.74, 6) is 0.913. The van der Waals surface area contributed by atoms with Gasteiger partial charge in [-0.25, -0.2) is 0 Å². The molecule has 4 rings (SSSR count). The molecule has 7 heteroatoms. The number of alkyl halides is 3. The Morgan fingerprint density at radius 1 is 1.00 bits per heavy atom. The maximum absolute atomic E-state index is 12.8. The van der Waals surface area contributed by atoms with Crippen molar-refractivity contribution in [3.05, 3.63) is 70.6 Å². The van der Waals surface area contributed by atoms with Gasteiger partial charge < -0.3 is 4.42 Å². The number of hydrogen-bond donors (Lipinski definition) is 0. The van der Waals surface area contributed by atoms with E-state index in [0.717, 1.165) is 24.1 Å². The van der Waals surface area contributed by atoms with Crippen LogP contribution in [0.4, 0.5) is 13.2 Å². The first kappa shape index (κ1) is 16.1. The maximum Gasteiger partial charge on any atom is 0.416 e. The Kier molecular flexibility index (Phi) is 3.80. The van der Waals surface area contributed by atoms with Crippen LogP contribution in [0.1, 0.15) is 35.3 Å². The predicted molar refractivity (Wildman–Crippen MR) is 86.3 cm³/mol. The van der Waals surface area contributed by atoms with Crippen LogP contribution < -0.4 is 0 Å². The summed E-state index contributed by atoms with van der Waals surface area (Å²) in [6, 6.07) is 12.4. The summed E-state index contributed by atoms with van der Waals surface area (Å²) in [4.78, 5) is 0. The Labute approximate surface area is 146 Å². The van der Waals surface area contributed by atoms with Crippen LogP contribution in [0, 0.1) is 0 Å². The summed E-state index contributed by atoms with van der Waals surface area (Å²) in [5, 5.41) is 8.60. The third-order valence-electron chi connectivity index (χ3n) is 4.28. The van der Waals surface area contributed by atoms with Gasteiger partial charge in [-0.05, 0) is 48.2 Å². The highest BCUT2D eigenvalue weighted by Gasteiger charge is 2.43. The van der Waals surface area contributed by atoms with E-state index in [-0.39, 0.29) is 23.3 Å². The molecule has 0 bridgehead atoms. The average molecular weight is 365 g/mol. The quantitative estimate of drug-likeness (QED) is 0.600. The molecule has 0 spiro atoms. The summed E-state index contributed by atoms with van der Waals surface area (Å²) in [6.45, 7) is 0. The molecule has 2 unspecified atom stereocenters. The lowest BCUT2D eigenvalue weighted by atomic mass is 10.1. The Hall–Kier alpha value is -2.34. The van der Waals surface area contributed by atoms with Crippen LogP contribution in [0.3, 0.4) is 0 Å². The molecule has 1 saturated carbocycles. The Morgan fingerprint density at radius 2 is 1.76 bits per heavy atom. The molecule has 128 valence electrons. The van der Waals surface area contributed by atoms with E-state index >= 15 is 0 Å². The molecule has 25 heavy (non-hydrogen) atoms. The van der Waals surface area contributed by atoms with Crippen LogP contribution in [-0.4, -0.2) is 10.2 Å². The van der Waals surface area contributed by atoms with Gasteiger partial charge >= 0.3 is 6.18 Å². The highest BCUT2D eigenvalue weighted by Crippen LogP contribution is 2.54. The number of halogens is 4. The molecule has 1 fully saturated rings. The van der Waals surface area contributed by atoms with E-state index < -0.39 is 11.7 Å². The van der Waals surface area contributed by atoms with Gasteiger partial charge in [0.05, 0.1) is 5.56 Å². The van der Waals surface area contributed by atoms with Gasteiger partial charge in [0.2, 0.25) is 11.8 Å². The van der Waals surface area contributed by atoms with E-state index in [1.54, 1.807) is 0 Å². The van der Waals surface area contributed by atoms with Gasteiger partial charge in [0.15, 0.2) is 0 Å². The fourth-order valence-electron chi connectivity index (χ4n) is 2.88. The Morgan fingerprint density at radius 3 is 2.48 bits per heavy atom. The lowest BCUT2D eigenvalue weighted by molar-refractivity contribution is -0.137. The molecular formula is C18H12ClF3N2O. The van der Waals surface area contributed by atoms with Gasteiger partial charge in [0.1, 0.15) is 0 Å². The normalized spacial score (nSPS) is 19.8. The van der Waals surface area contributed by atoms with Crippen molar-refractivity contribution in [3.8, 4) is 11.5 Å². The molecule has 0 N–H and O–H groups in total.